The van der Waals surface area contributed by atoms with Crippen LogP contribution >= 0.6 is 0 Å². The van der Waals surface area contributed by atoms with Gasteiger partial charge in [-0.2, -0.15) is 0 Å². The third-order valence-corrected chi connectivity index (χ3v) is 8.37. The summed E-state index contributed by atoms with van der Waals surface area (Å²) in [6, 6.07) is 7.30. The molecule has 2 aromatic rings. The van der Waals surface area contributed by atoms with Crippen LogP contribution in [-0.2, 0) is 9.53 Å². The topological polar surface area (TPSA) is 89.5 Å². The number of Topliss-reactive ketones (excluding diaryl/α,β-unsaturated/α-hetero) is 1. The molecule has 0 amide bonds. The first-order valence-corrected chi connectivity index (χ1v) is 12.0. The maximum atomic E-state index is 14.4. The van der Waals surface area contributed by atoms with Crippen LogP contribution in [0.15, 0.2) is 36.4 Å². The van der Waals surface area contributed by atoms with Gasteiger partial charge < -0.3 is 28.4 Å². The molecule has 0 N–H and O–H groups in total. The standard InChI is InChI=1S/C28H28O8/c1-31-21-8-15(9-22(32-2)25(21)33-3)23-17-10-19-20(36-13-35-19)11-18(17)26(29)28(24(23)27(30)34-4)12-14-5-6-16(28)7-14/h5-6,8-11,14,16,23-24H,7,12-13H2,1-4H3/t14-,16+,23-,24+,28+/m1/s1. The average Bonchev–Trinajstić information content (AvgIpc) is 3.65. The van der Waals surface area contributed by atoms with Crippen LogP contribution in [0.25, 0.3) is 0 Å². The molecule has 0 saturated heterocycles. The molecule has 0 aromatic heterocycles. The molecule has 36 heavy (non-hydrogen) atoms. The van der Waals surface area contributed by atoms with Gasteiger partial charge in [-0.3, -0.25) is 9.59 Å². The van der Waals surface area contributed by atoms with Gasteiger partial charge >= 0.3 is 5.97 Å². The summed E-state index contributed by atoms with van der Waals surface area (Å²) >= 11 is 0. The number of rotatable bonds is 5. The number of esters is 1. The molecule has 2 aromatic carbocycles. The molecule has 1 fully saturated rings. The Morgan fingerprint density at radius 3 is 2.19 bits per heavy atom. The van der Waals surface area contributed by atoms with E-state index in [4.69, 9.17) is 28.4 Å². The average molecular weight is 493 g/mol. The van der Waals surface area contributed by atoms with Crippen LogP contribution in [0.5, 0.6) is 28.7 Å². The second-order valence-electron chi connectivity index (χ2n) is 9.79. The predicted octanol–water partition coefficient (Wildman–Crippen LogP) is 4.14. The Morgan fingerprint density at radius 1 is 0.944 bits per heavy atom. The van der Waals surface area contributed by atoms with E-state index in [0.29, 0.717) is 46.3 Å². The van der Waals surface area contributed by atoms with E-state index >= 15 is 0 Å². The number of allylic oxidation sites excluding steroid dienone is 2. The number of carbonyl (C=O) groups is 2. The van der Waals surface area contributed by atoms with Crippen molar-refractivity contribution in [2.24, 2.45) is 23.2 Å². The maximum absolute atomic E-state index is 14.4. The second-order valence-corrected chi connectivity index (χ2v) is 9.79. The summed E-state index contributed by atoms with van der Waals surface area (Å²) in [4.78, 5) is 28.0. The molecule has 0 unspecified atom stereocenters. The Kier molecular flexibility index (Phi) is 5.17. The van der Waals surface area contributed by atoms with Gasteiger partial charge in [-0.1, -0.05) is 12.2 Å². The highest BCUT2D eigenvalue weighted by molar-refractivity contribution is 6.08. The lowest BCUT2D eigenvalue weighted by molar-refractivity contribution is -0.151. The van der Waals surface area contributed by atoms with Gasteiger partial charge in [0.1, 0.15) is 0 Å². The van der Waals surface area contributed by atoms with Crippen molar-refractivity contribution in [2.75, 3.05) is 35.2 Å². The predicted molar refractivity (Wildman–Crippen MR) is 128 cm³/mol. The van der Waals surface area contributed by atoms with Crippen LogP contribution in [0.4, 0.5) is 0 Å². The van der Waals surface area contributed by atoms with Gasteiger partial charge in [-0.15, -0.1) is 0 Å². The lowest BCUT2D eigenvalue weighted by atomic mass is 9.53. The lowest BCUT2D eigenvalue weighted by Crippen LogP contribution is -2.52. The van der Waals surface area contributed by atoms with Crippen LogP contribution in [0.1, 0.15) is 40.2 Å². The van der Waals surface area contributed by atoms with Crippen LogP contribution in [0.3, 0.4) is 0 Å². The van der Waals surface area contributed by atoms with E-state index in [2.05, 4.69) is 12.2 Å². The van der Waals surface area contributed by atoms with Crippen LogP contribution in [0, 0.1) is 23.2 Å². The zero-order valence-electron chi connectivity index (χ0n) is 20.7. The summed E-state index contributed by atoms with van der Waals surface area (Å²) in [6.45, 7) is 0.0836. The molecule has 1 saturated carbocycles. The summed E-state index contributed by atoms with van der Waals surface area (Å²) in [7, 11) is 6.03. The summed E-state index contributed by atoms with van der Waals surface area (Å²) < 4.78 is 33.5. The SMILES string of the molecule is COC(=O)[C@@H]1[C@H](c2cc(OC)c(OC)c(OC)c2)c2cc3c(cc2C(=O)[C@]12C[C@@H]1C=C[C@H]2C1)OCO3. The van der Waals surface area contributed by atoms with E-state index in [-0.39, 0.29) is 24.4 Å². The fourth-order valence-electron chi connectivity index (χ4n) is 6.92. The Balaban J connectivity index is 1.66. The van der Waals surface area contributed by atoms with Gasteiger partial charge in [-0.25, -0.2) is 0 Å². The number of ether oxygens (including phenoxy) is 6. The minimum absolute atomic E-state index is 0.0354. The van der Waals surface area contributed by atoms with E-state index in [1.165, 1.54) is 7.11 Å². The molecule has 188 valence electrons. The third-order valence-electron chi connectivity index (χ3n) is 8.37. The number of carbonyl (C=O) groups excluding carboxylic acids is 2. The fraction of sp³-hybridized carbons (Fsp3) is 0.429. The molecule has 3 aliphatic carbocycles. The minimum atomic E-state index is -0.918. The van der Waals surface area contributed by atoms with Crippen molar-refractivity contribution < 1.29 is 38.0 Å². The molecule has 4 aliphatic rings. The summed E-state index contributed by atoms with van der Waals surface area (Å²) in [5.41, 5.74) is 1.10. The molecular formula is C28H28O8. The molecule has 8 nitrogen and oxygen atoms in total. The van der Waals surface area contributed by atoms with Crippen molar-refractivity contribution in [3.8, 4) is 28.7 Å². The molecule has 8 heteroatoms. The molecule has 2 bridgehead atoms. The molecule has 1 aliphatic heterocycles. The third kappa shape index (κ3) is 2.93. The fourth-order valence-corrected chi connectivity index (χ4v) is 6.92. The zero-order valence-corrected chi connectivity index (χ0v) is 20.7. The van der Waals surface area contributed by atoms with Gasteiger partial charge in [0.15, 0.2) is 28.8 Å². The monoisotopic (exact) mass is 492 g/mol. The van der Waals surface area contributed by atoms with Gasteiger partial charge in [-0.05, 0) is 60.1 Å². The number of hydrogen-bond acceptors (Lipinski definition) is 8. The maximum Gasteiger partial charge on any atom is 0.310 e. The number of hydrogen-bond donors (Lipinski definition) is 0. The summed E-state index contributed by atoms with van der Waals surface area (Å²) in [6.07, 6.45) is 5.72. The van der Waals surface area contributed by atoms with Crippen molar-refractivity contribution in [1.29, 1.82) is 0 Å². The van der Waals surface area contributed by atoms with Gasteiger partial charge in [0.2, 0.25) is 12.5 Å². The van der Waals surface area contributed by atoms with E-state index in [1.807, 2.05) is 18.2 Å². The molecule has 5 atom stereocenters. The smallest absolute Gasteiger partial charge is 0.310 e. The van der Waals surface area contributed by atoms with Crippen LogP contribution in [0.2, 0.25) is 0 Å². The second kappa shape index (κ2) is 8.18. The summed E-state index contributed by atoms with van der Waals surface area (Å²) in [5.74, 6) is 0.971. The van der Waals surface area contributed by atoms with Crippen LogP contribution in [-0.4, -0.2) is 47.0 Å². The van der Waals surface area contributed by atoms with Gasteiger partial charge in [0.05, 0.1) is 39.8 Å². The molecule has 1 heterocycles. The van der Waals surface area contributed by atoms with E-state index in [1.54, 1.807) is 27.4 Å². The van der Waals surface area contributed by atoms with E-state index in [9.17, 15) is 9.59 Å². The number of ketones is 1. The Hall–Kier alpha value is -3.68. The number of fused-ring (bicyclic) bond motifs is 5. The summed E-state index contributed by atoms with van der Waals surface area (Å²) in [5, 5.41) is 0. The Labute approximate surface area is 209 Å². The Morgan fingerprint density at radius 2 is 1.64 bits per heavy atom. The number of benzene rings is 2. The van der Waals surface area contributed by atoms with Crippen molar-refractivity contribution >= 4 is 11.8 Å². The largest absolute Gasteiger partial charge is 0.493 e. The highest BCUT2D eigenvalue weighted by atomic mass is 16.7. The molecular weight excluding hydrogens is 464 g/mol. The van der Waals surface area contributed by atoms with E-state index in [0.717, 1.165) is 12.0 Å². The first-order valence-electron chi connectivity index (χ1n) is 12.0. The van der Waals surface area contributed by atoms with E-state index < -0.39 is 23.2 Å². The highest BCUT2D eigenvalue weighted by Crippen LogP contribution is 2.65. The van der Waals surface area contributed by atoms with Crippen LogP contribution < -0.4 is 23.7 Å². The first kappa shape index (κ1) is 22.8. The first-order chi connectivity index (χ1) is 17.5. The number of methoxy groups -OCH3 is 4. The highest BCUT2D eigenvalue weighted by Gasteiger charge is 2.65. The van der Waals surface area contributed by atoms with Gasteiger partial charge in [0, 0.05) is 11.5 Å². The molecule has 1 spiro atoms. The molecule has 0 radical (unpaired) electrons. The quantitative estimate of drug-likeness (QED) is 0.455. The Bertz CT molecular complexity index is 1270. The zero-order chi connectivity index (χ0) is 25.2. The minimum Gasteiger partial charge on any atom is -0.493 e. The lowest BCUT2D eigenvalue weighted by Gasteiger charge is -2.47. The van der Waals surface area contributed by atoms with Crippen molar-refractivity contribution in [3.05, 3.63) is 53.1 Å². The molecule has 6 rings (SSSR count). The van der Waals surface area contributed by atoms with Gasteiger partial charge in [0.25, 0.3) is 0 Å². The normalized spacial score (nSPS) is 28.8. The van der Waals surface area contributed by atoms with Crippen molar-refractivity contribution in [1.82, 2.24) is 0 Å². The van der Waals surface area contributed by atoms with Crippen molar-refractivity contribution in [3.63, 3.8) is 0 Å². The van der Waals surface area contributed by atoms with Crippen molar-refractivity contribution in [2.45, 2.75) is 18.8 Å².